The predicted octanol–water partition coefficient (Wildman–Crippen LogP) is 0.629. The zero-order valence-corrected chi connectivity index (χ0v) is 6.02. The molecule has 0 unspecified atom stereocenters. The number of nitrogens with zero attached hydrogens (tertiary/aromatic N) is 1. The molecule has 2 heteroatoms. The summed E-state index contributed by atoms with van der Waals surface area (Å²) in [6, 6.07) is 0. The lowest BCUT2D eigenvalue weighted by molar-refractivity contribution is 0.475. The average molecular weight is 114 g/mol. The molecule has 0 aromatic heterocycles. The first-order valence-electron chi connectivity index (χ1n) is 2.73. The minimum atomic E-state index is 1.14. The first-order valence-corrected chi connectivity index (χ1v) is 2.73. The van der Waals surface area contributed by atoms with Crippen molar-refractivity contribution in [2.45, 2.75) is 6.92 Å². The third-order valence-electron chi connectivity index (χ3n) is 1.01. The molecule has 2 nitrogen and oxygen atoms in total. The number of hydrogen-bond donors (Lipinski definition) is 1. The van der Waals surface area contributed by atoms with Gasteiger partial charge >= 0.3 is 0 Å². The van der Waals surface area contributed by atoms with E-state index in [0.717, 1.165) is 5.82 Å². The van der Waals surface area contributed by atoms with Crippen molar-refractivity contribution in [3.63, 3.8) is 0 Å². The van der Waals surface area contributed by atoms with Crippen molar-refractivity contribution in [1.29, 1.82) is 0 Å². The van der Waals surface area contributed by atoms with Crippen LogP contribution < -0.4 is 5.32 Å². The second-order valence-electron chi connectivity index (χ2n) is 1.82. The number of allylic oxidation sites excluding steroid dienone is 1. The summed E-state index contributed by atoms with van der Waals surface area (Å²) >= 11 is 0. The Morgan fingerprint density at radius 1 is 1.50 bits per heavy atom. The normalized spacial score (nSPS) is 11.2. The van der Waals surface area contributed by atoms with Gasteiger partial charge < -0.3 is 10.2 Å². The summed E-state index contributed by atoms with van der Waals surface area (Å²) in [5, 5.41) is 3.04. The van der Waals surface area contributed by atoms with Crippen LogP contribution in [0.5, 0.6) is 0 Å². The van der Waals surface area contributed by atoms with Crippen LogP contribution in [0.1, 0.15) is 6.92 Å². The maximum absolute atomic E-state index is 3.04. The Labute approximate surface area is 51.2 Å². The van der Waals surface area contributed by atoms with E-state index in [0.29, 0.717) is 0 Å². The fraction of sp³-hybridized carbons (Fsp3) is 0.667. The predicted molar refractivity (Wildman–Crippen MR) is 36.5 cm³/mol. The largest absolute Gasteiger partial charge is 0.375 e. The second kappa shape index (κ2) is 3.36. The molecule has 48 valence electrons. The number of hydrogen-bond acceptors (Lipinski definition) is 2. The van der Waals surface area contributed by atoms with Crippen LogP contribution >= 0.6 is 0 Å². The summed E-state index contributed by atoms with van der Waals surface area (Å²) in [4.78, 5) is 2.03. The Kier molecular flexibility index (Phi) is 3.08. The molecular weight excluding hydrogens is 100 g/mol. The highest BCUT2D eigenvalue weighted by Crippen LogP contribution is 1.88. The van der Waals surface area contributed by atoms with Gasteiger partial charge in [-0.3, -0.25) is 0 Å². The van der Waals surface area contributed by atoms with E-state index in [-0.39, 0.29) is 0 Å². The SMILES string of the molecule is CC=C(NC)N(C)C. The summed E-state index contributed by atoms with van der Waals surface area (Å²) in [5.41, 5.74) is 0. The topological polar surface area (TPSA) is 15.3 Å². The van der Waals surface area contributed by atoms with Crippen molar-refractivity contribution >= 4 is 0 Å². The van der Waals surface area contributed by atoms with Gasteiger partial charge in [0.15, 0.2) is 0 Å². The van der Waals surface area contributed by atoms with Crippen molar-refractivity contribution in [2.24, 2.45) is 0 Å². The Morgan fingerprint density at radius 2 is 2.00 bits per heavy atom. The zero-order valence-electron chi connectivity index (χ0n) is 6.02. The van der Waals surface area contributed by atoms with Gasteiger partial charge in [-0.05, 0) is 13.0 Å². The van der Waals surface area contributed by atoms with Crippen molar-refractivity contribution in [2.75, 3.05) is 21.1 Å². The Hall–Kier alpha value is -0.660. The molecule has 0 saturated heterocycles. The molecule has 0 aliphatic rings. The molecule has 0 rings (SSSR count). The summed E-state index contributed by atoms with van der Waals surface area (Å²) in [5.74, 6) is 1.14. The van der Waals surface area contributed by atoms with Crippen molar-refractivity contribution in [1.82, 2.24) is 10.2 Å². The molecule has 0 aromatic carbocycles. The Balaban J connectivity index is 3.72. The molecule has 0 aliphatic heterocycles. The molecule has 1 N–H and O–H groups in total. The molecule has 0 aromatic rings. The summed E-state index contributed by atoms with van der Waals surface area (Å²) in [6.07, 6.45) is 2.03. The van der Waals surface area contributed by atoms with Crippen LogP contribution in [0.2, 0.25) is 0 Å². The highest BCUT2D eigenvalue weighted by Gasteiger charge is 1.88. The minimum absolute atomic E-state index is 1.14. The van der Waals surface area contributed by atoms with Gasteiger partial charge in [0.2, 0.25) is 0 Å². The molecule has 0 atom stereocenters. The van der Waals surface area contributed by atoms with Crippen LogP contribution in [0.15, 0.2) is 11.9 Å². The van der Waals surface area contributed by atoms with Gasteiger partial charge in [-0.1, -0.05) is 0 Å². The molecule has 0 bridgehead atoms. The third-order valence-corrected chi connectivity index (χ3v) is 1.01. The first-order chi connectivity index (χ1) is 3.72. The molecule has 8 heavy (non-hydrogen) atoms. The number of nitrogens with one attached hydrogen (secondary N) is 1. The van der Waals surface area contributed by atoms with Gasteiger partial charge in [-0.15, -0.1) is 0 Å². The highest BCUT2D eigenvalue weighted by molar-refractivity contribution is 4.92. The Bertz CT molecular complexity index is 84.5. The lowest BCUT2D eigenvalue weighted by atomic mass is 10.5. The van der Waals surface area contributed by atoms with Crippen molar-refractivity contribution in [3.05, 3.63) is 11.9 Å². The second-order valence-corrected chi connectivity index (χ2v) is 1.82. The fourth-order valence-electron chi connectivity index (χ4n) is 0.626. The standard InChI is InChI=1S/C6H14N2/c1-5-6(7-2)8(3)4/h5,7H,1-4H3. The maximum atomic E-state index is 3.04. The van der Waals surface area contributed by atoms with E-state index in [9.17, 15) is 0 Å². The Morgan fingerprint density at radius 3 is 2.00 bits per heavy atom. The molecule has 0 spiro atoms. The summed E-state index contributed by atoms with van der Waals surface area (Å²) in [6.45, 7) is 2.01. The molecule has 0 aliphatic carbocycles. The lowest BCUT2D eigenvalue weighted by Gasteiger charge is -2.15. The first kappa shape index (κ1) is 7.34. The van der Waals surface area contributed by atoms with E-state index in [1.165, 1.54) is 0 Å². The van der Waals surface area contributed by atoms with E-state index < -0.39 is 0 Å². The van der Waals surface area contributed by atoms with Crippen LogP contribution in [0.4, 0.5) is 0 Å². The van der Waals surface area contributed by atoms with Crippen molar-refractivity contribution < 1.29 is 0 Å². The van der Waals surface area contributed by atoms with E-state index in [1.54, 1.807) is 0 Å². The third kappa shape index (κ3) is 1.87. The van der Waals surface area contributed by atoms with E-state index in [2.05, 4.69) is 5.32 Å². The molecule has 0 radical (unpaired) electrons. The lowest BCUT2D eigenvalue weighted by Crippen LogP contribution is -2.21. The smallest absolute Gasteiger partial charge is 0.0961 e. The summed E-state index contributed by atoms with van der Waals surface area (Å²) in [7, 11) is 5.92. The van der Waals surface area contributed by atoms with Crippen LogP contribution in [-0.4, -0.2) is 26.0 Å². The monoisotopic (exact) mass is 114 g/mol. The van der Waals surface area contributed by atoms with Crippen molar-refractivity contribution in [3.8, 4) is 0 Å². The molecule has 0 fully saturated rings. The van der Waals surface area contributed by atoms with Gasteiger partial charge in [0.25, 0.3) is 0 Å². The van der Waals surface area contributed by atoms with Crippen LogP contribution in [-0.2, 0) is 0 Å². The zero-order chi connectivity index (χ0) is 6.57. The van der Waals surface area contributed by atoms with E-state index >= 15 is 0 Å². The van der Waals surface area contributed by atoms with Crippen LogP contribution in [0.25, 0.3) is 0 Å². The fourth-order valence-corrected chi connectivity index (χ4v) is 0.626. The molecule has 0 heterocycles. The highest BCUT2D eigenvalue weighted by atomic mass is 15.2. The molecular formula is C6H14N2. The van der Waals surface area contributed by atoms with Gasteiger partial charge in [-0.25, -0.2) is 0 Å². The van der Waals surface area contributed by atoms with Crippen LogP contribution in [0.3, 0.4) is 0 Å². The van der Waals surface area contributed by atoms with Crippen LogP contribution in [0, 0.1) is 0 Å². The van der Waals surface area contributed by atoms with Gasteiger partial charge in [0.1, 0.15) is 0 Å². The average Bonchev–Trinajstić information content (AvgIpc) is 1.69. The number of rotatable bonds is 2. The minimum Gasteiger partial charge on any atom is -0.375 e. The van der Waals surface area contributed by atoms with E-state index in [1.807, 2.05) is 39.0 Å². The maximum Gasteiger partial charge on any atom is 0.0961 e. The molecule has 0 saturated carbocycles. The quantitative estimate of drug-likeness (QED) is 0.566. The van der Waals surface area contributed by atoms with Gasteiger partial charge in [0.05, 0.1) is 5.82 Å². The molecule has 0 amide bonds. The summed E-state index contributed by atoms with van der Waals surface area (Å²) < 4.78 is 0. The van der Waals surface area contributed by atoms with Gasteiger partial charge in [0, 0.05) is 21.1 Å². The van der Waals surface area contributed by atoms with Gasteiger partial charge in [-0.2, -0.15) is 0 Å². The van der Waals surface area contributed by atoms with E-state index in [4.69, 9.17) is 0 Å².